The summed E-state index contributed by atoms with van der Waals surface area (Å²) in [6.07, 6.45) is -13.6. The Kier molecular flexibility index (Phi) is 8.54. The molecule has 0 amide bonds. The highest BCUT2D eigenvalue weighted by Gasteiger charge is 2.44. The lowest BCUT2D eigenvalue weighted by Crippen LogP contribution is -2.51. The number of hydrogen-bond donors (Lipinski definition) is 2. The van der Waals surface area contributed by atoms with Gasteiger partial charge in [0, 0.05) is 12.7 Å². The molecule has 0 spiro atoms. The van der Waals surface area contributed by atoms with Gasteiger partial charge in [-0.15, -0.1) is 0 Å². The number of ether oxygens (including phenoxy) is 1. The molecule has 0 aliphatic heterocycles. The Hall–Kier alpha value is -2.44. The van der Waals surface area contributed by atoms with E-state index in [9.17, 15) is 40.6 Å². The standard InChI is InChI=1S/C21H20ClF7N2O3/c1-11(2)34-18(33)8-19(16-4-3-14(22)9-30-16,31-10-17(32)21(27,28)29)12-5-13(20(24,25)26)7-15(23)6-12/h3-7,9,11,17,31-32H,8,10H2,1-2H3. The van der Waals surface area contributed by atoms with Gasteiger partial charge in [-0.1, -0.05) is 11.6 Å². The number of rotatable bonds is 8. The quantitative estimate of drug-likeness (QED) is 0.382. The minimum Gasteiger partial charge on any atom is -0.463 e. The van der Waals surface area contributed by atoms with Crippen molar-refractivity contribution >= 4 is 17.6 Å². The Morgan fingerprint density at radius 1 is 1.12 bits per heavy atom. The van der Waals surface area contributed by atoms with E-state index in [0.717, 1.165) is 12.3 Å². The summed E-state index contributed by atoms with van der Waals surface area (Å²) in [5, 5.41) is 11.9. The van der Waals surface area contributed by atoms with Gasteiger partial charge in [-0.05, 0) is 49.7 Å². The van der Waals surface area contributed by atoms with Crippen LogP contribution in [-0.2, 0) is 21.2 Å². The van der Waals surface area contributed by atoms with Crippen LogP contribution in [0.25, 0.3) is 0 Å². The average Bonchev–Trinajstić information content (AvgIpc) is 2.69. The molecule has 0 saturated carbocycles. The Bertz CT molecular complexity index is 997. The fourth-order valence-corrected chi connectivity index (χ4v) is 3.24. The van der Waals surface area contributed by atoms with Crippen LogP contribution in [0.2, 0.25) is 5.02 Å². The van der Waals surface area contributed by atoms with Gasteiger partial charge in [-0.2, -0.15) is 26.3 Å². The van der Waals surface area contributed by atoms with Gasteiger partial charge in [0.1, 0.15) is 5.82 Å². The fraction of sp³-hybridized carbons (Fsp3) is 0.429. The van der Waals surface area contributed by atoms with E-state index in [2.05, 4.69) is 10.3 Å². The molecule has 13 heteroatoms. The molecule has 188 valence electrons. The molecular formula is C21H20ClF7N2O3. The van der Waals surface area contributed by atoms with Crippen molar-refractivity contribution in [1.82, 2.24) is 10.3 Å². The fourth-order valence-electron chi connectivity index (χ4n) is 3.13. The zero-order valence-electron chi connectivity index (χ0n) is 17.8. The molecule has 2 rings (SSSR count). The smallest absolute Gasteiger partial charge is 0.416 e. The van der Waals surface area contributed by atoms with Gasteiger partial charge in [0.2, 0.25) is 0 Å². The highest BCUT2D eigenvalue weighted by molar-refractivity contribution is 6.30. The number of carbonyl (C=O) groups excluding carboxylic acids is 1. The van der Waals surface area contributed by atoms with E-state index < -0.39 is 66.0 Å². The van der Waals surface area contributed by atoms with Gasteiger partial charge in [0.25, 0.3) is 0 Å². The third-order valence-corrected chi connectivity index (χ3v) is 4.86. The van der Waals surface area contributed by atoms with E-state index in [1.165, 1.54) is 19.9 Å². The van der Waals surface area contributed by atoms with Crippen LogP contribution in [-0.4, -0.2) is 41.0 Å². The molecule has 2 aromatic rings. The molecule has 0 radical (unpaired) electrons. The molecule has 0 aliphatic rings. The summed E-state index contributed by atoms with van der Waals surface area (Å²) >= 11 is 5.81. The lowest BCUT2D eigenvalue weighted by molar-refractivity contribution is -0.202. The van der Waals surface area contributed by atoms with Gasteiger partial charge in [-0.3, -0.25) is 15.1 Å². The van der Waals surface area contributed by atoms with Crippen LogP contribution in [0.3, 0.4) is 0 Å². The summed E-state index contributed by atoms with van der Waals surface area (Å²) in [6.45, 7) is 1.69. The monoisotopic (exact) mass is 516 g/mol. The molecule has 0 aliphatic carbocycles. The largest absolute Gasteiger partial charge is 0.463 e. The molecule has 1 aromatic heterocycles. The Balaban J connectivity index is 2.77. The highest BCUT2D eigenvalue weighted by atomic mass is 35.5. The Morgan fingerprint density at radius 2 is 1.74 bits per heavy atom. The highest BCUT2D eigenvalue weighted by Crippen LogP contribution is 2.38. The summed E-state index contributed by atoms with van der Waals surface area (Å²) < 4.78 is 98.5. The summed E-state index contributed by atoms with van der Waals surface area (Å²) in [5.74, 6) is -2.39. The van der Waals surface area contributed by atoms with Gasteiger partial charge >= 0.3 is 18.3 Å². The van der Waals surface area contributed by atoms with Gasteiger partial charge in [0.05, 0.1) is 34.3 Å². The van der Waals surface area contributed by atoms with Crippen LogP contribution >= 0.6 is 11.6 Å². The SMILES string of the molecule is CC(C)OC(=O)CC(NCC(O)C(F)(F)F)(c1cc(F)cc(C(F)(F)F)c1)c1ccc(Cl)cn1. The van der Waals surface area contributed by atoms with Crippen molar-refractivity contribution < 1.29 is 45.4 Å². The molecule has 1 heterocycles. The van der Waals surface area contributed by atoms with Crippen LogP contribution in [0.5, 0.6) is 0 Å². The van der Waals surface area contributed by atoms with Crippen molar-refractivity contribution in [3.05, 3.63) is 64.2 Å². The third kappa shape index (κ3) is 7.03. The number of halogens is 8. The number of aliphatic hydroxyl groups is 1. The number of carbonyl (C=O) groups is 1. The molecule has 5 nitrogen and oxygen atoms in total. The minimum absolute atomic E-state index is 0.0768. The number of benzene rings is 1. The van der Waals surface area contributed by atoms with Crippen LogP contribution < -0.4 is 5.32 Å². The van der Waals surface area contributed by atoms with Crippen molar-refractivity contribution in [3.63, 3.8) is 0 Å². The number of pyridine rings is 1. The first-order chi connectivity index (χ1) is 15.5. The first-order valence-electron chi connectivity index (χ1n) is 9.74. The van der Waals surface area contributed by atoms with E-state index in [4.69, 9.17) is 16.3 Å². The molecule has 1 aromatic carbocycles. The van der Waals surface area contributed by atoms with Crippen LogP contribution in [0, 0.1) is 5.82 Å². The zero-order valence-corrected chi connectivity index (χ0v) is 18.5. The van der Waals surface area contributed by atoms with Gasteiger partial charge < -0.3 is 9.84 Å². The zero-order chi connectivity index (χ0) is 25.9. The van der Waals surface area contributed by atoms with Crippen molar-refractivity contribution in [2.24, 2.45) is 0 Å². The Morgan fingerprint density at radius 3 is 2.24 bits per heavy atom. The van der Waals surface area contributed by atoms with Gasteiger partial charge in [-0.25, -0.2) is 4.39 Å². The van der Waals surface area contributed by atoms with Crippen molar-refractivity contribution in [3.8, 4) is 0 Å². The molecule has 2 atom stereocenters. The van der Waals surface area contributed by atoms with Crippen LogP contribution in [0.15, 0.2) is 36.5 Å². The first-order valence-corrected chi connectivity index (χ1v) is 10.1. The van der Waals surface area contributed by atoms with E-state index in [-0.39, 0.29) is 16.8 Å². The maximum atomic E-state index is 14.3. The number of aliphatic hydroxyl groups excluding tert-OH is 1. The number of nitrogens with zero attached hydrogens (tertiary/aromatic N) is 1. The number of nitrogens with one attached hydrogen (secondary N) is 1. The normalized spacial score (nSPS) is 15.2. The first kappa shape index (κ1) is 27.8. The number of alkyl halides is 6. The average molecular weight is 517 g/mol. The predicted molar refractivity (Wildman–Crippen MR) is 107 cm³/mol. The van der Waals surface area contributed by atoms with E-state index >= 15 is 0 Å². The third-order valence-electron chi connectivity index (χ3n) is 4.63. The second-order valence-electron chi connectivity index (χ2n) is 7.65. The molecular weight excluding hydrogens is 497 g/mol. The summed E-state index contributed by atoms with van der Waals surface area (Å²) in [6, 6.07) is 3.69. The second-order valence-corrected chi connectivity index (χ2v) is 8.08. The number of esters is 1. The number of hydrogen-bond acceptors (Lipinski definition) is 5. The summed E-state index contributed by atoms with van der Waals surface area (Å²) in [4.78, 5) is 16.5. The molecule has 0 bridgehead atoms. The molecule has 34 heavy (non-hydrogen) atoms. The van der Waals surface area contributed by atoms with E-state index in [1.54, 1.807) is 0 Å². The molecule has 0 saturated heterocycles. The molecule has 2 unspecified atom stereocenters. The van der Waals surface area contributed by atoms with Crippen LogP contribution in [0.4, 0.5) is 30.7 Å². The predicted octanol–water partition coefficient (Wildman–Crippen LogP) is 4.99. The number of aromatic nitrogens is 1. The summed E-state index contributed by atoms with van der Waals surface area (Å²) in [5.41, 5.74) is -4.53. The molecule has 0 fully saturated rings. The Labute approximate surface area is 194 Å². The van der Waals surface area contributed by atoms with Gasteiger partial charge in [0.15, 0.2) is 6.10 Å². The maximum Gasteiger partial charge on any atom is 0.416 e. The lowest BCUT2D eigenvalue weighted by atomic mass is 9.81. The molecule has 2 N–H and O–H groups in total. The lowest BCUT2D eigenvalue weighted by Gasteiger charge is -2.36. The van der Waals surface area contributed by atoms with Crippen molar-refractivity contribution in [1.29, 1.82) is 0 Å². The topological polar surface area (TPSA) is 71.5 Å². The minimum atomic E-state index is -5.09. The maximum absolute atomic E-state index is 14.3. The van der Waals surface area contributed by atoms with E-state index in [0.29, 0.717) is 12.1 Å². The van der Waals surface area contributed by atoms with E-state index in [1.807, 2.05) is 0 Å². The second kappa shape index (κ2) is 10.4. The van der Waals surface area contributed by atoms with Crippen molar-refractivity contribution in [2.45, 2.75) is 50.4 Å². The van der Waals surface area contributed by atoms with Crippen molar-refractivity contribution in [2.75, 3.05) is 6.54 Å². The summed E-state index contributed by atoms with van der Waals surface area (Å²) in [7, 11) is 0. The van der Waals surface area contributed by atoms with Crippen LogP contribution in [0.1, 0.15) is 37.1 Å².